The number of fused-ring (bicyclic) bond motifs is 1. The van der Waals surface area contributed by atoms with E-state index in [2.05, 4.69) is 9.71 Å². The molecule has 3 aromatic rings. The summed E-state index contributed by atoms with van der Waals surface area (Å²) in [5, 5.41) is 2.01. The maximum absolute atomic E-state index is 12.6. The first kappa shape index (κ1) is 19.4. The largest absolute Gasteiger partial charge is 0.483 e. The van der Waals surface area contributed by atoms with Crippen molar-refractivity contribution >= 4 is 38.1 Å². The van der Waals surface area contributed by atoms with Crippen molar-refractivity contribution in [2.24, 2.45) is 0 Å². The number of para-hydroxylation sites is 1. The lowest BCUT2D eigenvalue weighted by atomic mass is 10.2. The molecule has 2 heterocycles. The molecule has 7 nitrogen and oxygen atoms in total. The van der Waals surface area contributed by atoms with Crippen LogP contribution < -0.4 is 14.4 Å². The van der Waals surface area contributed by atoms with Crippen molar-refractivity contribution < 1.29 is 17.9 Å². The van der Waals surface area contributed by atoms with Crippen LogP contribution in [0.1, 0.15) is 11.1 Å². The number of rotatable bonds is 6. The van der Waals surface area contributed by atoms with Gasteiger partial charge in [0.15, 0.2) is 11.7 Å². The molecule has 0 saturated carbocycles. The molecule has 0 aliphatic carbocycles. The molecule has 0 spiro atoms. The number of carbonyl (C=O) groups excluding carboxylic acids is 1. The lowest BCUT2D eigenvalue weighted by molar-refractivity contribution is -0.120. The van der Waals surface area contributed by atoms with Gasteiger partial charge in [-0.25, -0.2) is 13.4 Å². The first-order valence-corrected chi connectivity index (χ1v) is 11.3. The smallest absolute Gasteiger partial charge is 0.264 e. The molecule has 0 saturated heterocycles. The normalized spacial score (nSPS) is 13.2. The minimum absolute atomic E-state index is 0.0735. The van der Waals surface area contributed by atoms with Gasteiger partial charge in [-0.2, -0.15) is 0 Å². The summed E-state index contributed by atoms with van der Waals surface area (Å²) >= 11 is 1.21. The van der Waals surface area contributed by atoms with Crippen LogP contribution in [-0.2, 0) is 21.2 Å². The zero-order valence-corrected chi connectivity index (χ0v) is 17.3. The van der Waals surface area contributed by atoms with E-state index in [9.17, 15) is 13.2 Å². The van der Waals surface area contributed by atoms with Crippen LogP contribution in [0.3, 0.4) is 0 Å². The maximum atomic E-state index is 12.6. The van der Waals surface area contributed by atoms with Crippen LogP contribution in [0.25, 0.3) is 0 Å². The van der Waals surface area contributed by atoms with Gasteiger partial charge in [0.1, 0.15) is 5.75 Å². The van der Waals surface area contributed by atoms with E-state index in [1.54, 1.807) is 22.4 Å². The minimum atomic E-state index is -3.72. The molecule has 0 bridgehead atoms. The number of aromatic nitrogens is 1. The molecule has 0 unspecified atom stereocenters. The van der Waals surface area contributed by atoms with Crippen LogP contribution in [-0.4, -0.2) is 32.5 Å². The quantitative estimate of drug-likeness (QED) is 0.650. The average Bonchev–Trinajstić information content (AvgIpc) is 3.36. The molecule has 150 valence electrons. The van der Waals surface area contributed by atoms with Crippen molar-refractivity contribution in [2.75, 3.05) is 22.8 Å². The first-order chi connectivity index (χ1) is 13.9. The van der Waals surface area contributed by atoms with Crippen LogP contribution in [0, 0.1) is 6.92 Å². The Labute approximate surface area is 173 Å². The van der Waals surface area contributed by atoms with E-state index in [-0.39, 0.29) is 17.4 Å². The molecule has 9 heteroatoms. The van der Waals surface area contributed by atoms with Gasteiger partial charge in [0.2, 0.25) is 0 Å². The highest BCUT2D eigenvalue weighted by atomic mass is 32.2. The zero-order valence-electron chi connectivity index (χ0n) is 15.7. The molecule has 4 rings (SSSR count). The highest BCUT2D eigenvalue weighted by Crippen LogP contribution is 2.31. The Morgan fingerprint density at radius 2 is 2.10 bits per heavy atom. The Kier molecular flexibility index (Phi) is 5.25. The number of nitrogens with zero attached hydrogens (tertiary/aromatic N) is 2. The number of aryl methyl sites for hydroxylation is 1. The predicted octanol–water partition coefficient (Wildman–Crippen LogP) is 3.22. The van der Waals surface area contributed by atoms with E-state index >= 15 is 0 Å². The number of thiazole rings is 1. The second-order valence-corrected chi connectivity index (χ2v) is 9.16. The van der Waals surface area contributed by atoms with Gasteiger partial charge in [0, 0.05) is 23.8 Å². The van der Waals surface area contributed by atoms with Crippen molar-refractivity contribution in [3.05, 3.63) is 65.2 Å². The van der Waals surface area contributed by atoms with Crippen molar-refractivity contribution in [3.63, 3.8) is 0 Å². The number of ether oxygens (including phenoxy) is 1. The Morgan fingerprint density at radius 3 is 2.86 bits per heavy atom. The fraction of sp³-hybridized carbons (Fsp3) is 0.200. The zero-order chi connectivity index (χ0) is 20.4. The maximum Gasteiger partial charge on any atom is 0.264 e. The number of carbonyl (C=O) groups is 1. The molecule has 1 aliphatic heterocycles. The first-order valence-electron chi connectivity index (χ1n) is 8.98. The van der Waals surface area contributed by atoms with Gasteiger partial charge < -0.3 is 9.64 Å². The summed E-state index contributed by atoms with van der Waals surface area (Å²) < 4.78 is 33.2. The Bertz CT molecular complexity index is 1140. The SMILES string of the molecule is Cc1ccccc1OCC(=O)N1CCc2cc(S(=O)(=O)Nc3nccs3)ccc21. The number of amides is 1. The van der Waals surface area contributed by atoms with Gasteiger partial charge in [-0.05, 0) is 48.7 Å². The van der Waals surface area contributed by atoms with Gasteiger partial charge in [-0.15, -0.1) is 11.3 Å². The number of benzene rings is 2. The van der Waals surface area contributed by atoms with Crippen molar-refractivity contribution in [1.82, 2.24) is 4.98 Å². The van der Waals surface area contributed by atoms with E-state index in [4.69, 9.17) is 4.74 Å². The second-order valence-electron chi connectivity index (χ2n) is 6.58. The molecule has 1 aromatic heterocycles. The number of anilines is 2. The van der Waals surface area contributed by atoms with E-state index in [0.717, 1.165) is 16.8 Å². The standard InChI is InChI=1S/C20H19N3O4S2/c1-14-4-2-3-5-18(14)27-13-19(24)23-10-8-15-12-16(6-7-17(15)23)29(25,26)22-20-21-9-11-28-20/h2-7,9,11-12H,8,10,13H2,1H3,(H,21,22). The van der Waals surface area contributed by atoms with E-state index in [1.807, 2.05) is 31.2 Å². The summed E-state index contributed by atoms with van der Waals surface area (Å²) in [4.78, 5) is 18.4. The molecule has 0 radical (unpaired) electrons. The molecular formula is C20H19N3O4S2. The fourth-order valence-corrected chi connectivity index (χ4v) is 5.03. The summed E-state index contributed by atoms with van der Waals surface area (Å²) in [6.45, 7) is 2.34. The summed E-state index contributed by atoms with van der Waals surface area (Å²) in [7, 11) is -3.72. The van der Waals surface area contributed by atoms with E-state index in [1.165, 1.54) is 23.6 Å². The van der Waals surface area contributed by atoms with Gasteiger partial charge in [-0.3, -0.25) is 9.52 Å². The molecule has 2 aromatic carbocycles. The van der Waals surface area contributed by atoms with Crippen LogP contribution in [0.15, 0.2) is 58.9 Å². The highest BCUT2D eigenvalue weighted by Gasteiger charge is 2.27. The van der Waals surface area contributed by atoms with Crippen LogP contribution in [0.2, 0.25) is 0 Å². The van der Waals surface area contributed by atoms with E-state index < -0.39 is 10.0 Å². The van der Waals surface area contributed by atoms with Gasteiger partial charge in [-0.1, -0.05) is 18.2 Å². The van der Waals surface area contributed by atoms with Gasteiger partial charge in [0.05, 0.1) is 4.90 Å². The van der Waals surface area contributed by atoms with Gasteiger partial charge in [0.25, 0.3) is 15.9 Å². The lowest BCUT2D eigenvalue weighted by Crippen LogP contribution is -2.33. The number of nitrogens with one attached hydrogen (secondary N) is 1. The van der Waals surface area contributed by atoms with Crippen molar-refractivity contribution in [3.8, 4) is 5.75 Å². The number of hydrogen-bond acceptors (Lipinski definition) is 6. The van der Waals surface area contributed by atoms with Crippen LogP contribution >= 0.6 is 11.3 Å². The van der Waals surface area contributed by atoms with Crippen molar-refractivity contribution in [1.29, 1.82) is 0 Å². The fourth-order valence-electron chi connectivity index (χ4n) is 3.19. The number of hydrogen-bond donors (Lipinski definition) is 1. The lowest BCUT2D eigenvalue weighted by Gasteiger charge is -2.18. The molecular weight excluding hydrogens is 410 g/mol. The summed E-state index contributed by atoms with van der Waals surface area (Å²) in [5.41, 5.74) is 2.50. The predicted molar refractivity (Wildman–Crippen MR) is 112 cm³/mol. The Balaban J connectivity index is 1.48. The third kappa shape index (κ3) is 4.10. The third-order valence-electron chi connectivity index (χ3n) is 4.66. The summed E-state index contributed by atoms with van der Waals surface area (Å²) in [6.07, 6.45) is 2.12. The molecule has 1 aliphatic rings. The molecule has 1 amide bonds. The molecule has 0 atom stereocenters. The van der Waals surface area contributed by atoms with Crippen molar-refractivity contribution in [2.45, 2.75) is 18.2 Å². The summed E-state index contributed by atoms with van der Waals surface area (Å²) in [5.74, 6) is 0.512. The molecule has 1 N–H and O–H groups in total. The topological polar surface area (TPSA) is 88.6 Å². The molecule has 29 heavy (non-hydrogen) atoms. The molecule has 0 fully saturated rings. The Morgan fingerprint density at radius 1 is 1.28 bits per heavy atom. The summed E-state index contributed by atoms with van der Waals surface area (Å²) in [6, 6.07) is 12.3. The monoisotopic (exact) mass is 429 g/mol. The van der Waals surface area contributed by atoms with Gasteiger partial charge >= 0.3 is 0 Å². The van der Waals surface area contributed by atoms with E-state index in [0.29, 0.717) is 23.8 Å². The highest BCUT2D eigenvalue weighted by molar-refractivity contribution is 7.93. The number of sulfonamides is 1. The van der Waals surface area contributed by atoms with Crippen LogP contribution in [0.5, 0.6) is 5.75 Å². The second kappa shape index (κ2) is 7.84. The minimum Gasteiger partial charge on any atom is -0.483 e. The average molecular weight is 430 g/mol. The Hall–Kier alpha value is -2.91. The van der Waals surface area contributed by atoms with Crippen LogP contribution in [0.4, 0.5) is 10.8 Å². The third-order valence-corrected chi connectivity index (χ3v) is 6.81.